The number of nitrogens with one attached hydrogen (secondary N) is 1. The molecule has 0 aliphatic heterocycles. The number of aryl methyl sites for hydroxylation is 1. The molecule has 1 unspecified atom stereocenters. The zero-order valence-corrected chi connectivity index (χ0v) is 11.0. The molecule has 0 saturated heterocycles. The van der Waals surface area contributed by atoms with Gasteiger partial charge in [0.2, 0.25) is 5.89 Å². The summed E-state index contributed by atoms with van der Waals surface area (Å²) in [4.78, 5) is 4.27. The van der Waals surface area contributed by atoms with Crippen LogP contribution in [0.4, 0.5) is 0 Å². The quantitative estimate of drug-likeness (QED) is 0.852. The van der Waals surface area contributed by atoms with Crippen molar-refractivity contribution >= 4 is 0 Å². The maximum Gasteiger partial charge on any atom is 0.208 e. The van der Waals surface area contributed by atoms with Crippen molar-refractivity contribution in [2.75, 3.05) is 0 Å². The fourth-order valence-electron chi connectivity index (χ4n) is 2.64. The molecule has 3 heteroatoms. The third-order valence-corrected chi connectivity index (χ3v) is 3.88. The molecule has 1 aliphatic carbocycles. The highest BCUT2D eigenvalue weighted by molar-refractivity contribution is 4.93. The van der Waals surface area contributed by atoms with Crippen LogP contribution in [0.3, 0.4) is 0 Å². The van der Waals surface area contributed by atoms with Crippen molar-refractivity contribution in [2.45, 2.75) is 65.0 Å². The van der Waals surface area contributed by atoms with Crippen molar-refractivity contribution in [3.05, 3.63) is 17.8 Å². The van der Waals surface area contributed by atoms with Gasteiger partial charge < -0.3 is 9.73 Å². The van der Waals surface area contributed by atoms with E-state index in [0.29, 0.717) is 6.04 Å². The van der Waals surface area contributed by atoms with E-state index in [0.717, 1.165) is 30.5 Å². The molecule has 1 aliphatic rings. The van der Waals surface area contributed by atoms with Gasteiger partial charge in [-0.2, -0.15) is 0 Å². The average molecular weight is 236 g/mol. The minimum absolute atomic E-state index is 0.576. The summed E-state index contributed by atoms with van der Waals surface area (Å²) in [5.74, 6) is 2.64. The summed E-state index contributed by atoms with van der Waals surface area (Å²) in [5, 5.41) is 3.55. The lowest BCUT2D eigenvalue weighted by Gasteiger charge is -2.28. The SMILES string of the molecule is CCc1cnc(CNC(C)C2CCCCC2)o1. The fourth-order valence-corrected chi connectivity index (χ4v) is 2.64. The number of hydrogen-bond acceptors (Lipinski definition) is 3. The molecule has 2 rings (SSSR count). The molecule has 96 valence electrons. The van der Waals surface area contributed by atoms with Crippen LogP contribution in [0.15, 0.2) is 10.6 Å². The van der Waals surface area contributed by atoms with Gasteiger partial charge in [-0.1, -0.05) is 26.2 Å². The van der Waals surface area contributed by atoms with E-state index in [2.05, 4.69) is 24.1 Å². The van der Waals surface area contributed by atoms with Crippen molar-refractivity contribution in [1.29, 1.82) is 0 Å². The van der Waals surface area contributed by atoms with Crippen LogP contribution in [0.2, 0.25) is 0 Å². The lowest BCUT2D eigenvalue weighted by Crippen LogP contribution is -2.34. The zero-order chi connectivity index (χ0) is 12.1. The first-order valence-electron chi connectivity index (χ1n) is 6.96. The second kappa shape index (κ2) is 6.20. The maximum atomic E-state index is 5.60. The summed E-state index contributed by atoms with van der Waals surface area (Å²) >= 11 is 0. The van der Waals surface area contributed by atoms with Crippen molar-refractivity contribution in [3.63, 3.8) is 0 Å². The highest BCUT2D eigenvalue weighted by Gasteiger charge is 2.19. The molecule has 0 aromatic carbocycles. The third-order valence-electron chi connectivity index (χ3n) is 3.88. The van der Waals surface area contributed by atoms with Gasteiger partial charge in [0.1, 0.15) is 5.76 Å². The largest absolute Gasteiger partial charge is 0.444 e. The fraction of sp³-hybridized carbons (Fsp3) is 0.786. The monoisotopic (exact) mass is 236 g/mol. The van der Waals surface area contributed by atoms with Crippen molar-refractivity contribution < 1.29 is 4.42 Å². The lowest BCUT2D eigenvalue weighted by atomic mass is 9.84. The number of hydrogen-bond donors (Lipinski definition) is 1. The Balaban J connectivity index is 1.76. The second-order valence-corrected chi connectivity index (χ2v) is 5.14. The summed E-state index contributed by atoms with van der Waals surface area (Å²) < 4.78 is 5.60. The van der Waals surface area contributed by atoms with E-state index in [1.807, 2.05) is 6.20 Å². The van der Waals surface area contributed by atoms with Gasteiger partial charge >= 0.3 is 0 Å². The zero-order valence-electron chi connectivity index (χ0n) is 11.0. The molecule has 3 nitrogen and oxygen atoms in total. The van der Waals surface area contributed by atoms with E-state index >= 15 is 0 Å². The third kappa shape index (κ3) is 3.56. The van der Waals surface area contributed by atoms with E-state index in [-0.39, 0.29) is 0 Å². The molecule has 1 aromatic rings. The Morgan fingerprint density at radius 3 is 2.82 bits per heavy atom. The van der Waals surface area contributed by atoms with E-state index < -0.39 is 0 Å². The number of aromatic nitrogens is 1. The van der Waals surface area contributed by atoms with Crippen LogP contribution < -0.4 is 5.32 Å². The Labute approximate surface area is 104 Å². The smallest absolute Gasteiger partial charge is 0.208 e. The Kier molecular flexibility index (Phi) is 4.60. The molecule has 1 heterocycles. The normalized spacial score (nSPS) is 19.4. The van der Waals surface area contributed by atoms with Crippen LogP contribution >= 0.6 is 0 Å². The first kappa shape index (κ1) is 12.6. The maximum absolute atomic E-state index is 5.60. The number of nitrogens with zero attached hydrogens (tertiary/aromatic N) is 1. The van der Waals surface area contributed by atoms with E-state index in [9.17, 15) is 0 Å². The van der Waals surface area contributed by atoms with Crippen LogP contribution in [0, 0.1) is 5.92 Å². The van der Waals surface area contributed by atoms with E-state index in [1.54, 1.807) is 0 Å². The van der Waals surface area contributed by atoms with Gasteiger partial charge in [0, 0.05) is 12.5 Å². The minimum Gasteiger partial charge on any atom is -0.444 e. The predicted octanol–water partition coefficient (Wildman–Crippen LogP) is 3.30. The molecule has 0 bridgehead atoms. The lowest BCUT2D eigenvalue weighted by molar-refractivity contribution is 0.273. The Morgan fingerprint density at radius 2 is 2.18 bits per heavy atom. The highest BCUT2D eigenvalue weighted by Crippen LogP contribution is 2.26. The van der Waals surface area contributed by atoms with Gasteiger partial charge in [-0.25, -0.2) is 4.98 Å². The van der Waals surface area contributed by atoms with Gasteiger partial charge in [0.15, 0.2) is 0 Å². The van der Waals surface area contributed by atoms with E-state index in [1.165, 1.54) is 32.1 Å². The van der Waals surface area contributed by atoms with Gasteiger partial charge in [-0.15, -0.1) is 0 Å². The molecule has 17 heavy (non-hydrogen) atoms. The summed E-state index contributed by atoms with van der Waals surface area (Å²) in [6.07, 6.45) is 9.72. The molecule has 0 amide bonds. The molecule has 0 spiro atoms. The highest BCUT2D eigenvalue weighted by atomic mass is 16.4. The van der Waals surface area contributed by atoms with Crippen molar-refractivity contribution in [3.8, 4) is 0 Å². The molecule has 1 N–H and O–H groups in total. The summed E-state index contributed by atoms with van der Waals surface area (Å²) in [5.41, 5.74) is 0. The Morgan fingerprint density at radius 1 is 1.41 bits per heavy atom. The molecule has 1 atom stereocenters. The molecular formula is C14H24N2O. The first-order valence-corrected chi connectivity index (χ1v) is 6.96. The molecule has 1 aromatic heterocycles. The van der Waals surface area contributed by atoms with Crippen LogP contribution in [-0.4, -0.2) is 11.0 Å². The summed E-state index contributed by atoms with van der Waals surface area (Å²) in [6, 6.07) is 0.576. The Bertz CT molecular complexity index is 329. The Hall–Kier alpha value is -0.830. The first-order chi connectivity index (χ1) is 8.29. The molecule has 1 saturated carbocycles. The molecule has 0 radical (unpaired) electrons. The number of rotatable bonds is 5. The van der Waals surface area contributed by atoms with Gasteiger partial charge in [0.05, 0.1) is 12.7 Å². The van der Waals surface area contributed by atoms with Crippen LogP contribution in [-0.2, 0) is 13.0 Å². The molecule has 1 fully saturated rings. The van der Waals surface area contributed by atoms with Gasteiger partial charge in [-0.3, -0.25) is 0 Å². The summed E-state index contributed by atoms with van der Waals surface area (Å²) in [6.45, 7) is 5.14. The minimum atomic E-state index is 0.576. The van der Waals surface area contributed by atoms with Crippen molar-refractivity contribution in [2.24, 2.45) is 5.92 Å². The van der Waals surface area contributed by atoms with Gasteiger partial charge in [-0.05, 0) is 25.7 Å². The summed E-state index contributed by atoms with van der Waals surface area (Å²) in [7, 11) is 0. The second-order valence-electron chi connectivity index (χ2n) is 5.14. The standard InChI is InChI=1S/C14H24N2O/c1-3-13-9-16-14(17-13)10-15-11(2)12-7-5-4-6-8-12/h9,11-12,15H,3-8,10H2,1-2H3. The van der Waals surface area contributed by atoms with Crippen molar-refractivity contribution in [1.82, 2.24) is 10.3 Å². The topological polar surface area (TPSA) is 38.1 Å². The van der Waals surface area contributed by atoms with Crippen LogP contribution in [0.5, 0.6) is 0 Å². The van der Waals surface area contributed by atoms with Crippen LogP contribution in [0.25, 0.3) is 0 Å². The number of oxazole rings is 1. The van der Waals surface area contributed by atoms with Gasteiger partial charge in [0.25, 0.3) is 0 Å². The van der Waals surface area contributed by atoms with E-state index in [4.69, 9.17) is 4.42 Å². The molecular weight excluding hydrogens is 212 g/mol. The van der Waals surface area contributed by atoms with Crippen LogP contribution in [0.1, 0.15) is 57.6 Å². The predicted molar refractivity (Wildman–Crippen MR) is 68.8 cm³/mol. The average Bonchev–Trinajstić information content (AvgIpc) is 2.85.